The van der Waals surface area contributed by atoms with Crippen molar-refractivity contribution in [1.29, 1.82) is 0 Å². The molecular weight excluding hydrogens is 304 g/mol. The maximum Gasteiger partial charge on any atom is 0.0738 e. The summed E-state index contributed by atoms with van der Waals surface area (Å²) < 4.78 is 3.04. The van der Waals surface area contributed by atoms with Gasteiger partial charge >= 0.3 is 0 Å². The lowest BCUT2D eigenvalue weighted by Gasteiger charge is -2.17. The fraction of sp³-hybridized carbons (Fsp3) is 0.429. The lowest BCUT2D eigenvalue weighted by atomic mass is 10.0. The molecule has 2 rings (SSSR count). The third-order valence-corrected chi connectivity index (χ3v) is 4.36. The number of aryl methyl sites for hydroxylation is 3. The Labute approximate surface area is 122 Å². The highest BCUT2D eigenvalue weighted by Crippen LogP contribution is 2.25. The summed E-state index contributed by atoms with van der Waals surface area (Å²) in [6, 6.07) is 4.44. The van der Waals surface area contributed by atoms with E-state index >= 15 is 0 Å². The molecule has 2 aromatic heterocycles. The van der Waals surface area contributed by atoms with Crippen LogP contribution in [0.4, 0.5) is 0 Å². The van der Waals surface area contributed by atoms with Crippen LogP contribution in [0.3, 0.4) is 0 Å². The van der Waals surface area contributed by atoms with Crippen LogP contribution in [0, 0.1) is 13.8 Å². The van der Waals surface area contributed by atoms with Gasteiger partial charge in [-0.3, -0.25) is 9.67 Å². The molecule has 0 saturated carbocycles. The molecule has 4 nitrogen and oxygen atoms in total. The van der Waals surface area contributed by atoms with Crippen molar-refractivity contribution in [2.45, 2.75) is 26.3 Å². The Balaban J connectivity index is 2.29. The summed E-state index contributed by atoms with van der Waals surface area (Å²) >= 11 is 3.62. The zero-order chi connectivity index (χ0) is 14.0. The highest BCUT2D eigenvalue weighted by Gasteiger charge is 2.17. The summed E-state index contributed by atoms with van der Waals surface area (Å²) in [7, 11) is 3.97. The Kier molecular flexibility index (Phi) is 4.37. The molecule has 5 heteroatoms. The lowest BCUT2D eigenvalue weighted by molar-refractivity contribution is 0.559. The van der Waals surface area contributed by atoms with E-state index in [2.05, 4.69) is 43.5 Å². The van der Waals surface area contributed by atoms with Crippen LogP contribution in [-0.2, 0) is 13.5 Å². The molecule has 0 spiro atoms. The highest BCUT2D eigenvalue weighted by atomic mass is 79.9. The van der Waals surface area contributed by atoms with Gasteiger partial charge in [-0.05, 0) is 54.5 Å². The summed E-state index contributed by atoms with van der Waals surface area (Å²) in [6.07, 6.45) is 2.75. The molecular formula is C14H19BrN4. The molecule has 0 aliphatic carbocycles. The summed E-state index contributed by atoms with van der Waals surface area (Å²) in [5.74, 6) is 0. The number of nitrogens with one attached hydrogen (secondary N) is 1. The largest absolute Gasteiger partial charge is 0.313 e. The molecule has 0 aliphatic rings. The standard InChI is InChI=1S/C14H19BrN4/c1-9-7-11(5-6-17-9)12(16-3)8-13-14(15)10(2)18-19(13)4/h5-7,12,16H,8H2,1-4H3. The number of hydrogen-bond donors (Lipinski definition) is 1. The van der Waals surface area contributed by atoms with Gasteiger partial charge in [0.1, 0.15) is 0 Å². The SMILES string of the molecule is CNC(Cc1c(Br)c(C)nn1C)c1ccnc(C)c1. The van der Waals surface area contributed by atoms with Gasteiger partial charge in [0.2, 0.25) is 0 Å². The molecule has 1 atom stereocenters. The Morgan fingerprint density at radius 2 is 2.16 bits per heavy atom. The van der Waals surface area contributed by atoms with E-state index in [0.717, 1.165) is 22.3 Å². The zero-order valence-corrected chi connectivity index (χ0v) is 13.3. The van der Waals surface area contributed by atoms with Crippen molar-refractivity contribution in [1.82, 2.24) is 20.1 Å². The van der Waals surface area contributed by atoms with Gasteiger partial charge in [-0.1, -0.05) is 0 Å². The predicted octanol–water partition coefficient (Wildman–Crippen LogP) is 2.70. The minimum Gasteiger partial charge on any atom is -0.313 e. The molecule has 102 valence electrons. The van der Waals surface area contributed by atoms with Crippen molar-refractivity contribution in [3.8, 4) is 0 Å². The maximum atomic E-state index is 4.44. The van der Waals surface area contributed by atoms with Crippen LogP contribution in [0.15, 0.2) is 22.8 Å². The van der Waals surface area contributed by atoms with Crippen molar-refractivity contribution < 1.29 is 0 Å². The topological polar surface area (TPSA) is 42.7 Å². The minimum atomic E-state index is 0.257. The fourth-order valence-electron chi connectivity index (χ4n) is 2.27. The maximum absolute atomic E-state index is 4.44. The quantitative estimate of drug-likeness (QED) is 0.941. The van der Waals surface area contributed by atoms with Gasteiger partial charge in [-0.2, -0.15) is 5.10 Å². The fourth-order valence-corrected chi connectivity index (χ4v) is 2.76. The van der Waals surface area contributed by atoms with Gasteiger partial charge in [0.25, 0.3) is 0 Å². The second kappa shape index (κ2) is 5.84. The van der Waals surface area contributed by atoms with Crippen LogP contribution in [0.2, 0.25) is 0 Å². The summed E-state index contributed by atoms with van der Waals surface area (Å²) in [5, 5.41) is 7.81. The van der Waals surface area contributed by atoms with E-state index in [-0.39, 0.29) is 6.04 Å². The predicted molar refractivity (Wildman–Crippen MR) is 80.1 cm³/mol. The van der Waals surface area contributed by atoms with Gasteiger partial charge in [-0.15, -0.1) is 0 Å². The van der Waals surface area contributed by atoms with E-state index in [0.29, 0.717) is 0 Å². The van der Waals surface area contributed by atoms with Crippen molar-refractivity contribution >= 4 is 15.9 Å². The number of pyridine rings is 1. The molecule has 2 aromatic rings. The first-order valence-corrected chi connectivity index (χ1v) is 7.10. The average molecular weight is 323 g/mol. The average Bonchev–Trinajstić information content (AvgIpc) is 2.61. The van der Waals surface area contributed by atoms with Gasteiger partial charge in [0, 0.05) is 31.4 Å². The number of hydrogen-bond acceptors (Lipinski definition) is 3. The molecule has 0 bridgehead atoms. The van der Waals surface area contributed by atoms with Crippen LogP contribution in [0.5, 0.6) is 0 Å². The second-order valence-electron chi connectivity index (χ2n) is 4.75. The molecule has 1 unspecified atom stereocenters. The third-order valence-electron chi connectivity index (χ3n) is 3.33. The van der Waals surface area contributed by atoms with E-state index in [1.165, 1.54) is 11.3 Å². The van der Waals surface area contributed by atoms with Crippen LogP contribution in [0.1, 0.15) is 28.7 Å². The second-order valence-corrected chi connectivity index (χ2v) is 5.54. The van der Waals surface area contributed by atoms with Crippen molar-refractivity contribution in [3.63, 3.8) is 0 Å². The number of halogens is 1. The van der Waals surface area contributed by atoms with Gasteiger partial charge in [0.05, 0.1) is 15.9 Å². The first kappa shape index (κ1) is 14.2. The van der Waals surface area contributed by atoms with Crippen molar-refractivity contribution in [2.75, 3.05) is 7.05 Å². The Morgan fingerprint density at radius 1 is 1.42 bits per heavy atom. The lowest BCUT2D eigenvalue weighted by Crippen LogP contribution is -2.20. The monoisotopic (exact) mass is 322 g/mol. The molecule has 0 saturated heterocycles. The molecule has 0 aliphatic heterocycles. The molecule has 19 heavy (non-hydrogen) atoms. The molecule has 1 N–H and O–H groups in total. The molecule has 2 heterocycles. The van der Waals surface area contributed by atoms with E-state index < -0.39 is 0 Å². The molecule has 0 radical (unpaired) electrons. The number of likely N-dealkylation sites (N-methyl/N-ethyl adjacent to an activating group) is 1. The number of nitrogens with zero attached hydrogens (tertiary/aromatic N) is 3. The smallest absolute Gasteiger partial charge is 0.0738 e. The van der Waals surface area contributed by atoms with E-state index in [1.54, 1.807) is 0 Å². The third kappa shape index (κ3) is 3.04. The first-order chi connectivity index (χ1) is 9.02. The van der Waals surface area contributed by atoms with Gasteiger partial charge in [0.15, 0.2) is 0 Å². The highest BCUT2D eigenvalue weighted by molar-refractivity contribution is 9.10. The normalized spacial score (nSPS) is 12.7. The van der Waals surface area contributed by atoms with Crippen molar-refractivity contribution in [3.05, 3.63) is 45.4 Å². The molecule has 0 amide bonds. The Bertz CT molecular complexity index is 577. The van der Waals surface area contributed by atoms with Gasteiger partial charge in [-0.25, -0.2) is 0 Å². The first-order valence-electron chi connectivity index (χ1n) is 6.30. The van der Waals surface area contributed by atoms with Crippen molar-refractivity contribution in [2.24, 2.45) is 7.05 Å². The van der Waals surface area contributed by atoms with Crippen LogP contribution >= 0.6 is 15.9 Å². The van der Waals surface area contributed by atoms with Crippen LogP contribution in [-0.4, -0.2) is 21.8 Å². The molecule has 0 aromatic carbocycles. The Morgan fingerprint density at radius 3 is 2.68 bits per heavy atom. The molecule has 0 fully saturated rings. The van der Waals surface area contributed by atoms with Crippen LogP contribution < -0.4 is 5.32 Å². The summed E-state index contributed by atoms with van der Waals surface area (Å²) in [5.41, 5.74) is 4.52. The van der Waals surface area contributed by atoms with Crippen LogP contribution in [0.25, 0.3) is 0 Å². The zero-order valence-electron chi connectivity index (χ0n) is 11.7. The summed E-state index contributed by atoms with van der Waals surface area (Å²) in [6.45, 7) is 4.03. The van der Waals surface area contributed by atoms with E-state index in [1.807, 2.05) is 38.8 Å². The van der Waals surface area contributed by atoms with E-state index in [4.69, 9.17) is 0 Å². The van der Waals surface area contributed by atoms with Gasteiger partial charge < -0.3 is 5.32 Å². The number of aromatic nitrogens is 3. The summed E-state index contributed by atoms with van der Waals surface area (Å²) in [4.78, 5) is 4.25. The van der Waals surface area contributed by atoms with E-state index in [9.17, 15) is 0 Å². The minimum absolute atomic E-state index is 0.257. The Hall–Kier alpha value is -1.20. The number of rotatable bonds is 4.